The van der Waals surface area contributed by atoms with Gasteiger partial charge in [0.2, 0.25) is 0 Å². The number of aliphatic carboxylic acids is 1. The summed E-state index contributed by atoms with van der Waals surface area (Å²) >= 11 is 0. The van der Waals surface area contributed by atoms with Gasteiger partial charge in [0.1, 0.15) is 5.75 Å². The first-order chi connectivity index (χ1) is 9.63. The first-order valence-corrected chi connectivity index (χ1v) is 6.86. The van der Waals surface area contributed by atoms with E-state index in [1.54, 1.807) is 24.3 Å². The Labute approximate surface area is 118 Å². The Morgan fingerprint density at radius 2 is 1.85 bits per heavy atom. The Bertz CT molecular complexity index is 428. The zero-order valence-electron chi connectivity index (χ0n) is 11.7. The van der Waals surface area contributed by atoms with Gasteiger partial charge in [0.05, 0.1) is 6.61 Å². The average Bonchev–Trinajstić information content (AvgIpc) is 2.43. The van der Waals surface area contributed by atoms with Crippen molar-refractivity contribution in [3.8, 4) is 5.75 Å². The molecule has 5 heteroatoms. The molecule has 0 radical (unpaired) electrons. The molecule has 1 rings (SSSR count). The average molecular weight is 279 g/mol. The first kappa shape index (κ1) is 16.0. The Morgan fingerprint density at radius 1 is 1.15 bits per heavy atom. The number of carboxylic acid groups (broad SMARTS) is 1. The molecule has 0 aromatic heterocycles. The molecule has 0 aliphatic heterocycles. The van der Waals surface area contributed by atoms with E-state index in [1.165, 1.54) is 0 Å². The highest BCUT2D eigenvalue weighted by Crippen LogP contribution is 2.11. The van der Waals surface area contributed by atoms with E-state index in [1.807, 2.05) is 6.92 Å². The molecule has 0 heterocycles. The van der Waals surface area contributed by atoms with E-state index < -0.39 is 5.97 Å². The van der Waals surface area contributed by atoms with Crippen molar-refractivity contribution >= 4 is 11.9 Å². The minimum atomic E-state index is -0.775. The number of rotatable bonds is 9. The van der Waals surface area contributed by atoms with E-state index in [2.05, 4.69) is 5.32 Å². The van der Waals surface area contributed by atoms with E-state index in [0.717, 1.165) is 18.6 Å². The van der Waals surface area contributed by atoms with Gasteiger partial charge in [0, 0.05) is 18.5 Å². The molecule has 0 fully saturated rings. The van der Waals surface area contributed by atoms with Crippen LogP contribution in [0.2, 0.25) is 0 Å². The largest absolute Gasteiger partial charge is 0.494 e. The lowest BCUT2D eigenvalue weighted by atomic mass is 10.2. The van der Waals surface area contributed by atoms with Crippen molar-refractivity contribution in [2.45, 2.75) is 32.6 Å². The molecule has 0 aliphatic rings. The van der Waals surface area contributed by atoms with E-state index in [-0.39, 0.29) is 12.3 Å². The lowest BCUT2D eigenvalue weighted by Gasteiger charge is -2.06. The van der Waals surface area contributed by atoms with Gasteiger partial charge < -0.3 is 15.2 Å². The van der Waals surface area contributed by atoms with Crippen LogP contribution in [0.15, 0.2) is 24.3 Å². The molecule has 0 saturated heterocycles. The molecule has 1 aromatic rings. The third-order valence-electron chi connectivity index (χ3n) is 2.78. The van der Waals surface area contributed by atoms with Crippen molar-refractivity contribution in [2.24, 2.45) is 0 Å². The molecule has 2 N–H and O–H groups in total. The molecule has 1 aromatic carbocycles. The molecule has 0 saturated carbocycles. The van der Waals surface area contributed by atoms with Crippen LogP contribution in [-0.2, 0) is 4.79 Å². The fraction of sp³-hybridized carbons (Fsp3) is 0.467. The van der Waals surface area contributed by atoms with E-state index >= 15 is 0 Å². The van der Waals surface area contributed by atoms with Gasteiger partial charge in [0.25, 0.3) is 5.91 Å². The molecule has 1 amide bonds. The maximum Gasteiger partial charge on any atom is 0.303 e. The summed E-state index contributed by atoms with van der Waals surface area (Å²) in [7, 11) is 0. The van der Waals surface area contributed by atoms with Crippen LogP contribution in [0.4, 0.5) is 0 Å². The molecule has 0 aliphatic carbocycles. The summed E-state index contributed by atoms with van der Waals surface area (Å²) in [5.41, 5.74) is 0.596. The number of carboxylic acids is 1. The predicted molar refractivity (Wildman–Crippen MR) is 76.0 cm³/mol. The lowest BCUT2D eigenvalue weighted by molar-refractivity contribution is -0.137. The number of carbonyl (C=O) groups is 2. The fourth-order valence-corrected chi connectivity index (χ4v) is 1.75. The topological polar surface area (TPSA) is 75.6 Å². The number of nitrogens with one attached hydrogen (secondary N) is 1. The molecular formula is C15H21NO4. The number of amides is 1. The predicted octanol–water partition coefficient (Wildman–Crippen LogP) is 2.46. The molecule has 0 atom stereocenters. The Balaban J connectivity index is 2.23. The van der Waals surface area contributed by atoms with Crippen molar-refractivity contribution in [2.75, 3.05) is 13.2 Å². The molecule has 0 spiro atoms. The zero-order chi connectivity index (χ0) is 14.8. The standard InChI is InChI=1S/C15H21NO4/c1-2-20-13-9-7-12(8-10-13)15(19)16-11-5-3-4-6-14(17)18/h7-10H,2-6,11H2,1H3,(H,16,19)(H,17,18). The van der Waals surface area contributed by atoms with E-state index in [4.69, 9.17) is 9.84 Å². The van der Waals surface area contributed by atoms with Crippen molar-refractivity contribution in [1.82, 2.24) is 5.32 Å². The zero-order valence-corrected chi connectivity index (χ0v) is 11.7. The van der Waals surface area contributed by atoms with Crippen LogP contribution >= 0.6 is 0 Å². The first-order valence-electron chi connectivity index (χ1n) is 6.86. The SMILES string of the molecule is CCOc1ccc(C(=O)NCCCCCC(=O)O)cc1. The lowest BCUT2D eigenvalue weighted by Crippen LogP contribution is -2.24. The summed E-state index contributed by atoms with van der Waals surface area (Å²) in [5, 5.41) is 11.3. The van der Waals surface area contributed by atoms with Crippen LogP contribution in [0.5, 0.6) is 5.75 Å². The van der Waals surface area contributed by atoms with Gasteiger partial charge in [-0.05, 0) is 44.0 Å². The summed E-state index contributed by atoms with van der Waals surface area (Å²) in [6.45, 7) is 3.07. The van der Waals surface area contributed by atoms with Crippen LogP contribution in [-0.4, -0.2) is 30.1 Å². The van der Waals surface area contributed by atoms with Crippen LogP contribution in [0.25, 0.3) is 0 Å². The van der Waals surface area contributed by atoms with Gasteiger partial charge in [-0.2, -0.15) is 0 Å². The van der Waals surface area contributed by atoms with Gasteiger partial charge in [0.15, 0.2) is 0 Å². The maximum absolute atomic E-state index is 11.8. The normalized spacial score (nSPS) is 10.1. The number of ether oxygens (including phenoxy) is 1. The highest BCUT2D eigenvalue weighted by molar-refractivity contribution is 5.94. The van der Waals surface area contributed by atoms with Crippen molar-refractivity contribution in [1.29, 1.82) is 0 Å². The Morgan fingerprint density at radius 3 is 2.45 bits per heavy atom. The molecule has 5 nitrogen and oxygen atoms in total. The van der Waals surface area contributed by atoms with Crippen LogP contribution in [0.1, 0.15) is 43.0 Å². The van der Waals surface area contributed by atoms with Crippen LogP contribution in [0.3, 0.4) is 0 Å². The molecule has 0 bridgehead atoms. The van der Waals surface area contributed by atoms with E-state index in [9.17, 15) is 9.59 Å². The van der Waals surface area contributed by atoms with Crippen LogP contribution in [0, 0.1) is 0 Å². The second kappa shape index (κ2) is 8.96. The number of unbranched alkanes of at least 4 members (excludes halogenated alkanes) is 2. The smallest absolute Gasteiger partial charge is 0.303 e. The van der Waals surface area contributed by atoms with Gasteiger partial charge in [-0.15, -0.1) is 0 Å². The highest BCUT2D eigenvalue weighted by Gasteiger charge is 2.04. The van der Waals surface area contributed by atoms with E-state index in [0.29, 0.717) is 25.1 Å². The molecular weight excluding hydrogens is 258 g/mol. The summed E-state index contributed by atoms with van der Waals surface area (Å²) in [5.74, 6) is -0.146. The second-order valence-electron chi connectivity index (χ2n) is 4.42. The third-order valence-corrected chi connectivity index (χ3v) is 2.78. The minimum absolute atomic E-state index is 0.119. The summed E-state index contributed by atoms with van der Waals surface area (Å²) in [6, 6.07) is 6.99. The van der Waals surface area contributed by atoms with Crippen molar-refractivity contribution in [3.05, 3.63) is 29.8 Å². The maximum atomic E-state index is 11.8. The molecule has 110 valence electrons. The summed E-state index contributed by atoms with van der Waals surface area (Å²) in [6.07, 6.45) is 2.42. The summed E-state index contributed by atoms with van der Waals surface area (Å²) in [4.78, 5) is 22.1. The second-order valence-corrected chi connectivity index (χ2v) is 4.42. The van der Waals surface area contributed by atoms with Crippen molar-refractivity contribution < 1.29 is 19.4 Å². The Kier molecular flexibility index (Phi) is 7.17. The van der Waals surface area contributed by atoms with Crippen LogP contribution < -0.4 is 10.1 Å². The summed E-state index contributed by atoms with van der Waals surface area (Å²) < 4.78 is 5.31. The fourth-order valence-electron chi connectivity index (χ4n) is 1.75. The highest BCUT2D eigenvalue weighted by atomic mass is 16.5. The third kappa shape index (κ3) is 6.22. The van der Waals surface area contributed by atoms with Crippen molar-refractivity contribution in [3.63, 3.8) is 0 Å². The monoisotopic (exact) mass is 279 g/mol. The Hall–Kier alpha value is -2.04. The molecule has 0 unspecified atom stereocenters. The number of carbonyl (C=O) groups excluding carboxylic acids is 1. The van der Waals surface area contributed by atoms with Gasteiger partial charge in [-0.1, -0.05) is 6.42 Å². The quantitative estimate of drug-likeness (QED) is 0.681. The molecule has 20 heavy (non-hydrogen) atoms. The number of hydrogen-bond donors (Lipinski definition) is 2. The van der Waals surface area contributed by atoms with Gasteiger partial charge in [-0.25, -0.2) is 0 Å². The van der Waals surface area contributed by atoms with Gasteiger partial charge >= 0.3 is 5.97 Å². The number of benzene rings is 1. The number of hydrogen-bond acceptors (Lipinski definition) is 3. The van der Waals surface area contributed by atoms with Gasteiger partial charge in [-0.3, -0.25) is 9.59 Å². The minimum Gasteiger partial charge on any atom is -0.494 e.